The van der Waals surface area contributed by atoms with E-state index in [9.17, 15) is 14.7 Å². The van der Waals surface area contributed by atoms with Crippen molar-refractivity contribution in [3.05, 3.63) is 108 Å². The molecule has 190 valence electrons. The fourth-order valence-electron chi connectivity index (χ4n) is 4.31. The molecule has 37 heavy (non-hydrogen) atoms. The normalized spacial score (nSPS) is 16.5. The van der Waals surface area contributed by atoms with E-state index >= 15 is 0 Å². The minimum absolute atomic E-state index is 0.00769. The summed E-state index contributed by atoms with van der Waals surface area (Å²) < 4.78 is 16.7. The van der Waals surface area contributed by atoms with Gasteiger partial charge in [0.2, 0.25) is 0 Å². The first-order valence-corrected chi connectivity index (χ1v) is 12.0. The molecule has 7 heteroatoms. The first-order chi connectivity index (χ1) is 18.0. The number of carbonyl (C=O) groups excluding carboxylic acids is 2. The van der Waals surface area contributed by atoms with Crippen LogP contribution in [0.15, 0.2) is 91.0 Å². The van der Waals surface area contributed by atoms with Gasteiger partial charge in [-0.15, -0.1) is 0 Å². The van der Waals surface area contributed by atoms with Gasteiger partial charge in [0.1, 0.15) is 18.1 Å². The fourth-order valence-corrected chi connectivity index (χ4v) is 4.31. The van der Waals surface area contributed by atoms with Crippen LogP contribution in [0, 0.1) is 0 Å². The number of aliphatic hydroxyl groups is 1. The molecule has 0 bridgehead atoms. The average Bonchev–Trinajstić information content (AvgIpc) is 3.17. The van der Waals surface area contributed by atoms with Crippen LogP contribution in [0.4, 0.5) is 0 Å². The predicted molar refractivity (Wildman–Crippen MR) is 141 cm³/mol. The van der Waals surface area contributed by atoms with Gasteiger partial charge in [0.15, 0.2) is 11.5 Å². The quantitative estimate of drug-likeness (QED) is 0.177. The summed E-state index contributed by atoms with van der Waals surface area (Å²) in [5.41, 5.74) is 1.88. The molecule has 0 aromatic heterocycles. The first-order valence-electron chi connectivity index (χ1n) is 12.0. The van der Waals surface area contributed by atoms with Crippen molar-refractivity contribution < 1.29 is 28.9 Å². The highest BCUT2D eigenvalue weighted by Gasteiger charge is 2.46. The van der Waals surface area contributed by atoms with Crippen LogP contribution in [-0.4, -0.2) is 42.0 Å². The van der Waals surface area contributed by atoms with Crippen LogP contribution in [0.5, 0.6) is 17.2 Å². The van der Waals surface area contributed by atoms with Gasteiger partial charge < -0.3 is 24.2 Å². The summed E-state index contributed by atoms with van der Waals surface area (Å²) in [7, 11) is 1.54. The number of aliphatic hydroxyl groups excluding tert-OH is 1. The molecule has 0 radical (unpaired) electrons. The Morgan fingerprint density at radius 1 is 1.00 bits per heavy atom. The highest BCUT2D eigenvalue weighted by molar-refractivity contribution is 6.46. The minimum Gasteiger partial charge on any atom is -0.507 e. The van der Waals surface area contributed by atoms with E-state index in [-0.39, 0.29) is 17.9 Å². The van der Waals surface area contributed by atoms with Gasteiger partial charge in [0.05, 0.1) is 25.3 Å². The number of hydrogen-bond donors (Lipinski definition) is 1. The van der Waals surface area contributed by atoms with Crippen LogP contribution in [0.3, 0.4) is 0 Å². The molecule has 1 amide bonds. The molecule has 1 fully saturated rings. The number of methoxy groups -OCH3 is 1. The molecule has 0 saturated carbocycles. The highest BCUT2D eigenvalue weighted by Crippen LogP contribution is 2.43. The molecule has 1 atom stereocenters. The second kappa shape index (κ2) is 11.5. The number of hydrogen-bond acceptors (Lipinski definition) is 6. The van der Waals surface area contributed by atoms with Gasteiger partial charge in [-0.05, 0) is 54.4 Å². The van der Waals surface area contributed by atoms with E-state index in [1.165, 1.54) is 4.90 Å². The summed E-state index contributed by atoms with van der Waals surface area (Å²) in [5.74, 6) is -0.106. The van der Waals surface area contributed by atoms with Crippen LogP contribution in [0.25, 0.3) is 5.76 Å². The average molecular weight is 500 g/mol. The molecule has 3 aromatic rings. The van der Waals surface area contributed by atoms with E-state index < -0.39 is 17.7 Å². The summed E-state index contributed by atoms with van der Waals surface area (Å²) in [6.45, 7) is 6.41. The third-order valence-corrected chi connectivity index (χ3v) is 6.04. The van der Waals surface area contributed by atoms with Crippen molar-refractivity contribution in [3.63, 3.8) is 0 Å². The lowest BCUT2D eigenvalue weighted by atomic mass is 9.94. The lowest BCUT2D eigenvalue weighted by molar-refractivity contribution is -0.140. The number of Topliss-reactive ketones (excluding diaryl/α,β-unsaturated/α-hetero) is 1. The number of likely N-dealkylation sites (tertiary alicyclic amines) is 1. The van der Waals surface area contributed by atoms with Gasteiger partial charge in [-0.2, -0.15) is 0 Å². The van der Waals surface area contributed by atoms with Crippen molar-refractivity contribution in [2.24, 2.45) is 0 Å². The van der Waals surface area contributed by atoms with E-state index in [1.807, 2.05) is 37.3 Å². The number of carbonyl (C=O) groups is 2. The molecule has 1 aliphatic rings. The van der Waals surface area contributed by atoms with Gasteiger partial charge in [-0.25, -0.2) is 0 Å². The van der Waals surface area contributed by atoms with Crippen LogP contribution < -0.4 is 14.2 Å². The molecule has 3 aromatic carbocycles. The smallest absolute Gasteiger partial charge is 0.295 e. The molecule has 4 rings (SSSR count). The van der Waals surface area contributed by atoms with Crippen molar-refractivity contribution in [3.8, 4) is 17.2 Å². The summed E-state index contributed by atoms with van der Waals surface area (Å²) in [6.07, 6.45) is 1.63. The number of benzene rings is 3. The molecule has 1 N–H and O–H groups in total. The number of ketones is 1. The highest BCUT2D eigenvalue weighted by atomic mass is 16.5. The third kappa shape index (κ3) is 5.35. The maximum absolute atomic E-state index is 13.3. The molecule has 0 aliphatic carbocycles. The lowest BCUT2D eigenvalue weighted by Gasteiger charge is -2.26. The maximum atomic E-state index is 13.3. The van der Waals surface area contributed by atoms with Crippen molar-refractivity contribution in [2.45, 2.75) is 19.5 Å². The Kier molecular flexibility index (Phi) is 7.93. The largest absolute Gasteiger partial charge is 0.507 e. The molecular weight excluding hydrogens is 470 g/mol. The van der Waals surface area contributed by atoms with Gasteiger partial charge in [-0.3, -0.25) is 9.59 Å². The zero-order valence-corrected chi connectivity index (χ0v) is 20.8. The molecule has 0 spiro atoms. The monoisotopic (exact) mass is 499 g/mol. The molecule has 1 aliphatic heterocycles. The molecular formula is C30H29NO6. The van der Waals surface area contributed by atoms with Crippen molar-refractivity contribution in [2.75, 3.05) is 20.3 Å². The number of ether oxygens (including phenoxy) is 3. The van der Waals surface area contributed by atoms with Gasteiger partial charge in [-0.1, -0.05) is 49.1 Å². The Morgan fingerprint density at radius 2 is 1.73 bits per heavy atom. The minimum atomic E-state index is -0.838. The zero-order valence-electron chi connectivity index (χ0n) is 20.8. The standard InChI is InChI=1S/C30H29NO6/c1-4-17-37-24-16-13-22(18-25(24)36-5-2)27-26(28(32)21-11-14-23(35-3)15-12-21)29(33)30(34)31(27)19-20-9-7-6-8-10-20/h4,6-16,18,27,32H,1,5,17,19H2,2-3H3. The third-order valence-electron chi connectivity index (χ3n) is 6.04. The van der Waals surface area contributed by atoms with Crippen LogP contribution >= 0.6 is 0 Å². The molecule has 1 saturated heterocycles. The number of nitrogens with zero attached hydrogens (tertiary/aromatic N) is 1. The van der Waals surface area contributed by atoms with E-state index in [0.717, 1.165) is 5.56 Å². The van der Waals surface area contributed by atoms with Crippen molar-refractivity contribution in [1.29, 1.82) is 0 Å². The SMILES string of the molecule is C=CCOc1ccc(C2C(=C(O)c3ccc(OC)cc3)C(=O)C(=O)N2Cc2ccccc2)cc1OCC. The van der Waals surface area contributed by atoms with Crippen LogP contribution in [-0.2, 0) is 16.1 Å². The second-order valence-electron chi connectivity index (χ2n) is 8.38. The van der Waals surface area contributed by atoms with Crippen LogP contribution in [0.1, 0.15) is 29.7 Å². The summed E-state index contributed by atoms with van der Waals surface area (Å²) in [6, 6.07) is 20.5. The lowest BCUT2D eigenvalue weighted by Crippen LogP contribution is -2.29. The fraction of sp³-hybridized carbons (Fsp3) is 0.200. The number of rotatable bonds is 10. The first kappa shape index (κ1) is 25.6. The van der Waals surface area contributed by atoms with Crippen LogP contribution in [0.2, 0.25) is 0 Å². The maximum Gasteiger partial charge on any atom is 0.295 e. The zero-order chi connectivity index (χ0) is 26.4. The Labute approximate surface area is 216 Å². The van der Waals surface area contributed by atoms with E-state index in [1.54, 1.807) is 55.7 Å². The molecule has 1 unspecified atom stereocenters. The number of amides is 1. The Morgan fingerprint density at radius 3 is 2.38 bits per heavy atom. The van der Waals surface area contributed by atoms with Gasteiger partial charge in [0.25, 0.3) is 11.7 Å². The summed E-state index contributed by atoms with van der Waals surface area (Å²) in [4.78, 5) is 28.1. The second-order valence-corrected chi connectivity index (χ2v) is 8.38. The summed E-state index contributed by atoms with van der Waals surface area (Å²) in [5, 5.41) is 11.3. The van der Waals surface area contributed by atoms with E-state index in [2.05, 4.69) is 6.58 Å². The Balaban J connectivity index is 1.86. The Bertz CT molecular complexity index is 1310. The molecule has 7 nitrogen and oxygen atoms in total. The van der Waals surface area contributed by atoms with Gasteiger partial charge >= 0.3 is 0 Å². The topological polar surface area (TPSA) is 85.3 Å². The summed E-state index contributed by atoms with van der Waals surface area (Å²) >= 11 is 0. The van der Waals surface area contributed by atoms with E-state index in [0.29, 0.717) is 41.6 Å². The van der Waals surface area contributed by atoms with Crippen molar-refractivity contribution >= 4 is 17.4 Å². The Hall–Kier alpha value is -4.52. The predicted octanol–water partition coefficient (Wildman–Crippen LogP) is 5.28. The molecule has 1 heterocycles. The van der Waals surface area contributed by atoms with Crippen molar-refractivity contribution in [1.82, 2.24) is 4.90 Å². The van der Waals surface area contributed by atoms with E-state index in [4.69, 9.17) is 14.2 Å². The van der Waals surface area contributed by atoms with Gasteiger partial charge in [0, 0.05) is 12.1 Å².